The lowest BCUT2D eigenvalue weighted by Crippen LogP contribution is -2.06. The summed E-state index contributed by atoms with van der Waals surface area (Å²) in [6.07, 6.45) is 0. The Morgan fingerprint density at radius 1 is 1.29 bits per heavy atom. The monoisotopic (exact) mass is 353 g/mol. The van der Waals surface area contributed by atoms with Crippen molar-refractivity contribution in [2.45, 2.75) is 26.7 Å². The number of ether oxygens (including phenoxy) is 1. The molecule has 1 heterocycles. The van der Waals surface area contributed by atoms with Gasteiger partial charge < -0.3 is 10.1 Å². The Balaban J connectivity index is 2.33. The van der Waals surface area contributed by atoms with Crippen LogP contribution >= 0.6 is 15.9 Å². The lowest BCUT2D eigenvalue weighted by molar-refractivity contribution is 0.453. The minimum absolute atomic E-state index is 0.183. The minimum Gasteiger partial charge on any atom is -0.438 e. The third-order valence-corrected chi connectivity index (χ3v) is 3.32. The number of halogens is 2. The van der Waals surface area contributed by atoms with E-state index in [1.807, 2.05) is 20.8 Å². The molecule has 1 aromatic heterocycles. The van der Waals surface area contributed by atoms with Gasteiger partial charge in [0.15, 0.2) is 0 Å². The van der Waals surface area contributed by atoms with Crippen molar-refractivity contribution >= 4 is 21.7 Å². The highest BCUT2D eigenvalue weighted by molar-refractivity contribution is 9.10. The Kier molecular flexibility index (Phi) is 5.12. The van der Waals surface area contributed by atoms with Crippen molar-refractivity contribution in [3.8, 4) is 11.6 Å². The van der Waals surface area contributed by atoms with E-state index in [0.717, 1.165) is 6.54 Å². The van der Waals surface area contributed by atoms with Crippen LogP contribution in [0.25, 0.3) is 0 Å². The maximum absolute atomic E-state index is 13.1. The van der Waals surface area contributed by atoms with Crippen LogP contribution in [0.3, 0.4) is 0 Å². The first-order valence-corrected chi connectivity index (χ1v) is 7.54. The number of rotatable bonds is 5. The van der Waals surface area contributed by atoms with E-state index in [2.05, 4.69) is 31.2 Å². The van der Waals surface area contributed by atoms with Crippen LogP contribution in [0.15, 0.2) is 28.7 Å². The predicted molar refractivity (Wildman–Crippen MR) is 84.5 cm³/mol. The molecule has 0 atom stereocenters. The fraction of sp³-hybridized carbons (Fsp3) is 0.333. The fourth-order valence-corrected chi connectivity index (χ4v) is 2.13. The van der Waals surface area contributed by atoms with Crippen molar-refractivity contribution < 1.29 is 9.13 Å². The molecular formula is C15H17BrFN3O. The topological polar surface area (TPSA) is 47.0 Å². The van der Waals surface area contributed by atoms with Gasteiger partial charge in [0.05, 0.1) is 4.47 Å². The molecule has 1 N–H and O–H groups in total. The minimum atomic E-state index is -0.326. The molecule has 0 aliphatic carbocycles. The van der Waals surface area contributed by atoms with E-state index in [1.165, 1.54) is 12.1 Å². The molecule has 0 radical (unpaired) electrons. The van der Waals surface area contributed by atoms with Crippen LogP contribution in [0, 0.1) is 5.82 Å². The average molecular weight is 354 g/mol. The SMILES string of the molecule is CCNc1cc(Oc2ccc(F)cc2Br)nc(C(C)C)n1. The summed E-state index contributed by atoms with van der Waals surface area (Å²) in [5, 5.41) is 3.15. The number of hydrogen-bond acceptors (Lipinski definition) is 4. The molecule has 6 heteroatoms. The third kappa shape index (κ3) is 4.14. The summed E-state index contributed by atoms with van der Waals surface area (Å²) in [5.74, 6) is 2.20. The van der Waals surface area contributed by atoms with Gasteiger partial charge in [-0.05, 0) is 41.1 Å². The number of anilines is 1. The highest BCUT2D eigenvalue weighted by atomic mass is 79.9. The maximum Gasteiger partial charge on any atom is 0.224 e. The molecule has 0 aliphatic heterocycles. The summed E-state index contributed by atoms with van der Waals surface area (Å²) < 4.78 is 19.4. The molecule has 112 valence electrons. The molecule has 1 aromatic carbocycles. The van der Waals surface area contributed by atoms with E-state index in [-0.39, 0.29) is 11.7 Å². The zero-order valence-electron chi connectivity index (χ0n) is 12.2. The van der Waals surface area contributed by atoms with Crippen LogP contribution in [-0.4, -0.2) is 16.5 Å². The van der Waals surface area contributed by atoms with Crippen molar-refractivity contribution in [1.82, 2.24) is 9.97 Å². The van der Waals surface area contributed by atoms with Crippen molar-refractivity contribution in [3.63, 3.8) is 0 Å². The summed E-state index contributed by atoms with van der Waals surface area (Å²) in [4.78, 5) is 8.81. The molecule has 0 aliphatic rings. The predicted octanol–water partition coefficient (Wildman–Crippen LogP) is 4.73. The molecular weight excluding hydrogens is 337 g/mol. The highest BCUT2D eigenvalue weighted by Gasteiger charge is 2.11. The van der Waals surface area contributed by atoms with Crippen molar-refractivity contribution in [3.05, 3.63) is 40.4 Å². The number of nitrogens with one attached hydrogen (secondary N) is 1. The summed E-state index contributed by atoms with van der Waals surface area (Å²) in [6, 6.07) is 5.98. The van der Waals surface area contributed by atoms with Crippen LogP contribution in [0.4, 0.5) is 10.2 Å². The van der Waals surface area contributed by atoms with Gasteiger partial charge in [-0.1, -0.05) is 13.8 Å². The lowest BCUT2D eigenvalue weighted by Gasteiger charge is -2.12. The number of nitrogens with zero attached hydrogens (tertiary/aromatic N) is 2. The van der Waals surface area contributed by atoms with E-state index >= 15 is 0 Å². The van der Waals surface area contributed by atoms with Gasteiger partial charge in [0.2, 0.25) is 5.88 Å². The lowest BCUT2D eigenvalue weighted by atomic mass is 10.2. The second-order valence-electron chi connectivity index (χ2n) is 4.81. The van der Waals surface area contributed by atoms with Gasteiger partial charge in [-0.15, -0.1) is 0 Å². The Morgan fingerprint density at radius 2 is 2.05 bits per heavy atom. The molecule has 0 unspecified atom stereocenters. The first kappa shape index (κ1) is 15.7. The number of hydrogen-bond donors (Lipinski definition) is 1. The molecule has 0 spiro atoms. The zero-order valence-corrected chi connectivity index (χ0v) is 13.7. The molecule has 0 bridgehead atoms. The summed E-state index contributed by atoms with van der Waals surface area (Å²) >= 11 is 3.28. The molecule has 4 nitrogen and oxygen atoms in total. The third-order valence-electron chi connectivity index (χ3n) is 2.70. The van der Waals surface area contributed by atoms with Crippen LogP contribution in [0.1, 0.15) is 32.5 Å². The molecule has 21 heavy (non-hydrogen) atoms. The van der Waals surface area contributed by atoms with Gasteiger partial charge in [0.25, 0.3) is 0 Å². The van der Waals surface area contributed by atoms with E-state index < -0.39 is 0 Å². The smallest absolute Gasteiger partial charge is 0.224 e. The second-order valence-corrected chi connectivity index (χ2v) is 5.67. The second kappa shape index (κ2) is 6.85. The van der Waals surface area contributed by atoms with Crippen molar-refractivity contribution in [1.29, 1.82) is 0 Å². The largest absolute Gasteiger partial charge is 0.438 e. The molecule has 0 saturated carbocycles. The van der Waals surface area contributed by atoms with E-state index in [9.17, 15) is 4.39 Å². The Bertz CT molecular complexity index is 634. The van der Waals surface area contributed by atoms with Crippen molar-refractivity contribution in [2.75, 3.05) is 11.9 Å². The Hall–Kier alpha value is -1.69. The van der Waals surface area contributed by atoms with Gasteiger partial charge in [-0.3, -0.25) is 0 Å². The van der Waals surface area contributed by atoms with Crippen LogP contribution in [0.5, 0.6) is 11.6 Å². The van der Waals surface area contributed by atoms with Gasteiger partial charge in [-0.2, -0.15) is 4.98 Å². The van der Waals surface area contributed by atoms with Gasteiger partial charge in [0.1, 0.15) is 23.2 Å². The van der Waals surface area contributed by atoms with Crippen LogP contribution in [0.2, 0.25) is 0 Å². The number of benzene rings is 1. The Morgan fingerprint density at radius 3 is 2.67 bits per heavy atom. The quantitative estimate of drug-likeness (QED) is 0.844. The zero-order chi connectivity index (χ0) is 15.4. The average Bonchev–Trinajstić information content (AvgIpc) is 2.42. The number of aromatic nitrogens is 2. The normalized spacial score (nSPS) is 10.8. The molecule has 2 aromatic rings. The van der Waals surface area contributed by atoms with Gasteiger partial charge in [0, 0.05) is 18.5 Å². The first-order valence-electron chi connectivity index (χ1n) is 6.75. The van der Waals surface area contributed by atoms with E-state index in [0.29, 0.717) is 27.7 Å². The fourth-order valence-electron chi connectivity index (χ4n) is 1.70. The molecule has 0 fully saturated rings. The van der Waals surface area contributed by atoms with Crippen molar-refractivity contribution in [2.24, 2.45) is 0 Å². The van der Waals surface area contributed by atoms with Crippen LogP contribution < -0.4 is 10.1 Å². The summed E-state index contributed by atoms with van der Waals surface area (Å²) in [6.45, 7) is 6.79. The van der Waals surface area contributed by atoms with E-state index in [4.69, 9.17) is 4.74 Å². The summed E-state index contributed by atoms with van der Waals surface area (Å²) in [7, 11) is 0. The van der Waals surface area contributed by atoms with E-state index in [1.54, 1.807) is 12.1 Å². The van der Waals surface area contributed by atoms with Gasteiger partial charge in [-0.25, -0.2) is 9.37 Å². The first-order chi connectivity index (χ1) is 9.99. The summed E-state index contributed by atoms with van der Waals surface area (Å²) in [5.41, 5.74) is 0. The highest BCUT2D eigenvalue weighted by Crippen LogP contribution is 2.30. The molecule has 0 amide bonds. The van der Waals surface area contributed by atoms with Gasteiger partial charge >= 0.3 is 0 Å². The van der Waals surface area contributed by atoms with Crippen LogP contribution in [-0.2, 0) is 0 Å². The maximum atomic E-state index is 13.1. The molecule has 0 saturated heterocycles. The molecule has 2 rings (SSSR count). The Labute approximate surface area is 131 Å². The standard InChI is InChI=1S/C15H17BrFN3O/c1-4-18-13-8-14(20-15(19-13)9(2)3)21-12-6-5-10(17)7-11(12)16/h5-9H,4H2,1-3H3,(H,18,19,20).